The van der Waals surface area contributed by atoms with Crippen LogP contribution in [0, 0.1) is 0 Å². The van der Waals surface area contributed by atoms with Crippen LogP contribution < -0.4 is 19.9 Å². The SMILES string of the molecule is COc1cc(OC)c(C(C)N)nc1OC. The predicted octanol–water partition coefficient (Wildman–Crippen LogP) is 1.13. The second-order valence-corrected chi connectivity index (χ2v) is 3.08. The van der Waals surface area contributed by atoms with Gasteiger partial charge >= 0.3 is 0 Å². The van der Waals surface area contributed by atoms with Crippen molar-refractivity contribution in [2.24, 2.45) is 5.73 Å². The van der Waals surface area contributed by atoms with Crippen LogP contribution in [0.5, 0.6) is 17.4 Å². The molecule has 0 radical (unpaired) electrons. The minimum absolute atomic E-state index is 0.222. The molecule has 0 aliphatic heterocycles. The van der Waals surface area contributed by atoms with Gasteiger partial charge in [-0.05, 0) is 6.92 Å². The van der Waals surface area contributed by atoms with Crippen LogP contribution in [0.2, 0.25) is 0 Å². The van der Waals surface area contributed by atoms with Gasteiger partial charge in [0.25, 0.3) is 5.88 Å². The van der Waals surface area contributed by atoms with Crippen molar-refractivity contribution in [3.05, 3.63) is 11.8 Å². The van der Waals surface area contributed by atoms with Gasteiger partial charge in [0.05, 0.1) is 21.3 Å². The van der Waals surface area contributed by atoms with Crippen molar-refractivity contribution in [3.63, 3.8) is 0 Å². The van der Waals surface area contributed by atoms with Gasteiger partial charge in [0.2, 0.25) is 0 Å². The van der Waals surface area contributed by atoms with E-state index < -0.39 is 0 Å². The van der Waals surface area contributed by atoms with E-state index in [-0.39, 0.29) is 6.04 Å². The van der Waals surface area contributed by atoms with E-state index in [2.05, 4.69) is 4.98 Å². The number of pyridine rings is 1. The summed E-state index contributed by atoms with van der Waals surface area (Å²) in [6.07, 6.45) is 0. The summed E-state index contributed by atoms with van der Waals surface area (Å²) in [6, 6.07) is 1.49. The summed E-state index contributed by atoms with van der Waals surface area (Å²) in [5.41, 5.74) is 6.41. The lowest BCUT2D eigenvalue weighted by atomic mass is 10.2. The zero-order valence-corrected chi connectivity index (χ0v) is 9.40. The Morgan fingerprint density at radius 1 is 1.13 bits per heavy atom. The van der Waals surface area contributed by atoms with Gasteiger partial charge in [-0.1, -0.05) is 0 Å². The van der Waals surface area contributed by atoms with Gasteiger partial charge < -0.3 is 19.9 Å². The quantitative estimate of drug-likeness (QED) is 0.810. The first kappa shape index (κ1) is 11.6. The Bertz CT molecular complexity index is 340. The minimum atomic E-state index is -0.222. The molecule has 0 spiro atoms. The van der Waals surface area contributed by atoms with Crippen molar-refractivity contribution in [1.82, 2.24) is 4.98 Å². The largest absolute Gasteiger partial charge is 0.495 e. The molecule has 0 aromatic carbocycles. The molecule has 1 heterocycles. The summed E-state index contributed by atoms with van der Waals surface area (Å²) >= 11 is 0. The van der Waals surface area contributed by atoms with Gasteiger partial charge in [0.15, 0.2) is 5.75 Å². The van der Waals surface area contributed by atoms with Crippen LogP contribution in [0.15, 0.2) is 6.07 Å². The van der Waals surface area contributed by atoms with Crippen molar-refractivity contribution in [2.45, 2.75) is 13.0 Å². The van der Waals surface area contributed by atoms with E-state index in [0.717, 1.165) is 0 Å². The topological polar surface area (TPSA) is 66.6 Å². The Hall–Kier alpha value is -1.49. The number of nitrogens with two attached hydrogens (primary N) is 1. The molecule has 1 unspecified atom stereocenters. The van der Waals surface area contributed by atoms with Gasteiger partial charge in [-0.15, -0.1) is 0 Å². The highest BCUT2D eigenvalue weighted by atomic mass is 16.5. The Morgan fingerprint density at radius 3 is 2.13 bits per heavy atom. The Kier molecular flexibility index (Phi) is 3.74. The molecule has 2 N–H and O–H groups in total. The third-order valence-corrected chi connectivity index (χ3v) is 2.01. The number of aromatic nitrogens is 1. The molecular formula is C10H16N2O3. The molecule has 0 saturated carbocycles. The molecule has 0 amide bonds. The number of rotatable bonds is 4. The summed E-state index contributed by atoms with van der Waals surface area (Å²) in [6.45, 7) is 1.83. The molecular weight excluding hydrogens is 196 g/mol. The first-order valence-corrected chi connectivity index (χ1v) is 4.56. The number of nitrogens with zero attached hydrogens (tertiary/aromatic N) is 1. The maximum absolute atomic E-state index is 5.77. The Balaban J connectivity index is 3.27. The molecule has 0 saturated heterocycles. The Labute approximate surface area is 89.2 Å². The summed E-state index contributed by atoms with van der Waals surface area (Å²) in [5, 5.41) is 0. The first-order chi connectivity index (χ1) is 7.13. The highest BCUT2D eigenvalue weighted by Crippen LogP contribution is 2.33. The van der Waals surface area contributed by atoms with Crippen LogP contribution in [0.25, 0.3) is 0 Å². The van der Waals surface area contributed by atoms with E-state index in [1.807, 2.05) is 6.92 Å². The van der Waals surface area contributed by atoms with E-state index in [0.29, 0.717) is 23.1 Å². The molecule has 84 valence electrons. The average Bonchev–Trinajstić information content (AvgIpc) is 2.26. The van der Waals surface area contributed by atoms with E-state index >= 15 is 0 Å². The molecule has 5 heteroatoms. The molecule has 1 aromatic rings. The fourth-order valence-electron chi connectivity index (χ4n) is 1.26. The monoisotopic (exact) mass is 212 g/mol. The summed E-state index contributed by atoms with van der Waals surface area (Å²) < 4.78 is 15.4. The highest BCUT2D eigenvalue weighted by Gasteiger charge is 2.15. The number of ether oxygens (including phenoxy) is 3. The third kappa shape index (κ3) is 2.30. The molecule has 0 aliphatic rings. The normalized spacial score (nSPS) is 12.1. The lowest BCUT2D eigenvalue weighted by molar-refractivity contribution is 0.332. The van der Waals surface area contributed by atoms with Gasteiger partial charge in [-0.25, -0.2) is 4.98 Å². The number of hydrogen-bond acceptors (Lipinski definition) is 5. The number of hydrogen-bond donors (Lipinski definition) is 1. The van der Waals surface area contributed by atoms with Crippen LogP contribution in [0.3, 0.4) is 0 Å². The molecule has 1 atom stereocenters. The lowest BCUT2D eigenvalue weighted by Crippen LogP contribution is -2.10. The smallest absolute Gasteiger partial charge is 0.257 e. The van der Waals surface area contributed by atoms with E-state index in [9.17, 15) is 0 Å². The Morgan fingerprint density at radius 2 is 1.73 bits per heavy atom. The summed E-state index contributed by atoms with van der Waals surface area (Å²) in [4.78, 5) is 4.24. The molecule has 15 heavy (non-hydrogen) atoms. The van der Waals surface area contributed by atoms with Gasteiger partial charge in [-0.2, -0.15) is 0 Å². The standard InChI is InChI=1S/C10H16N2O3/c1-6(11)9-7(13-2)5-8(14-3)10(12-9)15-4/h5-6H,11H2,1-4H3. The highest BCUT2D eigenvalue weighted by molar-refractivity contribution is 5.44. The molecule has 1 aromatic heterocycles. The molecule has 0 fully saturated rings. The van der Waals surface area contributed by atoms with Crippen LogP contribution >= 0.6 is 0 Å². The first-order valence-electron chi connectivity index (χ1n) is 4.56. The average molecular weight is 212 g/mol. The molecule has 1 rings (SSSR count). The van der Waals surface area contributed by atoms with Crippen molar-refractivity contribution in [1.29, 1.82) is 0 Å². The maximum Gasteiger partial charge on any atom is 0.257 e. The van der Waals surface area contributed by atoms with E-state index in [4.69, 9.17) is 19.9 Å². The minimum Gasteiger partial charge on any atom is -0.495 e. The van der Waals surface area contributed by atoms with Crippen LogP contribution in [0.1, 0.15) is 18.7 Å². The van der Waals surface area contributed by atoms with E-state index in [1.165, 1.54) is 7.11 Å². The van der Waals surface area contributed by atoms with Crippen LogP contribution in [-0.2, 0) is 0 Å². The maximum atomic E-state index is 5.77. The molecule has 0 aliphatic carbocycles. The zero-order valence-electron chi connectivity index (χ0n) is 9.40. The van der Waals surface area contributed by atoms with Crippen molar-refractivity contribution >= 4 is 0 Å². The molecule has 0 bridgehead atoms. The number of methoxy groups -OCH3 is 3. The van der Waals surface area contributed by atoms with Gasteiger partial charge in [-0.3, -0.25) is 0 Å². The fraction of sp³-hybridized carbons (Fsp3) is 0.500. The second-order valence-electron chi connectivity index (χ2n) is 3.08. The third-order valence-electron chi connectivity index (χ3n) is 2.01. The van der Waals surface area contributed by atoms with Crippen molar-refractivity contribution in [3.8, 4) is 17.4 Å². The lowest BCUT2D eigenvalue weighted by Gasteiger charge is -2.14. The predicted molar refractivity (Wildman–Crippen MR) is 56.5 cm³/mol. The summed E-state index contributed by atoms with van der Waals surface area (Å²) in [5.74, 6) is 1.53. The second kappa shape index (κ2) is 4.84. The van der Waals surface area contributed by atoms with E-state index in [1.54, 1.807) is 20.3 Å². The molecule has 5 nitrogen and oxygen atoms in total. The van der Waals surface area contributed by atoms with Crippen molar-refractivity contribution in [2.75, 3.05) is 21.3 Å². The zero-order chi connectivity index (χ0) is 11.4. The fourth-order valence-corrected chi connectivity index (χ4v) is 1.26. The van der Waals surface area contributed by atoms with Crippen LogP contribution in [-0.4, -0.2) is 26.3 Å². The van der Waals surface area contributed by atoms with Gasteiger partial charge in [0.1, 0.15) is 11.4 Å². The van der Waals surface area contributed by atoms with Gasteiger partial charge in [0, 0.05) is 12.1 Å². The van der Waals surface area contributed by atoms with Crippen LogP contribution in [0.4, 0.5) is 0 Å². The summed E-state index contributed by atoms with van der Waals surface area (Å²) in [7, 11) is 4.64. The van der Waals surface area contributed by atoms with Crippen molar-refractivity contribution < 1.29 is 14.2 Å².